The predicted octanol–water partition coefficient (Wildman–Crippen LogP) is 5.06. The third-order valence-electron chi connectivity index (χ3n) is 3.61. The normalized spacial score (nSPS) is 17.3. The minimum atomic E-state index is -0.965. The Morgan fingerprint density at radius 2 is 1.70 bits per heavy atom. The highest BCUT2D eigenvalue weighted by Gasteiger charge is 2.40. The fourth-order valence-electron chi connectivity index (χ4n) is 2.41. The number of halogens is 3. The van der Waals surface area contributed by atoms with Crippen LogP contribution in [0.3, 0.4) is 0 Å². The average Bonchev–Trinajstić information content (AvgIpc) is 2.45. The highest BCUT2D eigenvalue weighted by atomic mass is 35.5. The first-order chi connectivity index (χ1) is 9.48. The van der Waals surface area contributed by atoms with Crippen molar-refractivity contribution >= 4 is 46.4 Å². The van der Waals surface area contributed by atoms with Crippen molar-refractivity contribution in [2.24, 2.45) is 5.41 Å². The number of benzene rings is 1. The summed E-state index contributed by atoms with van der Waals surface area (Å²) in [4.78, 5) is 12.4. The summed E-state index contributed by atoms with van der Waals surface area (Å²) in [5, 5.41) is 13.0. The van der Waals surface area contributed by atoms with Crippen molar-refractivity contribution in [1.29, 1.82) is 5.26 Å². The standard InChI is InChI=1S/C14H13Cl3N2O/c15-9-6-11(17)12(7-10(9)16)19-13(20)14(8-18)4-2-1-3-5-14/h6-7H,1-5H2,(H,19,20). The molecule has 0 aromatic heterocycles. The van der Waals surface area contributed by atoms with Crippen molar-refractivity contribution in [3.05, 3.63) is 27.2 Å². The van der Waals surface area contributed by atoms with Crippen LogP contribution in [0.2, 0.25) is 15.1 Å². The Morgan fingerprint density at radius 3 is 2.30 bits per heavy atom. The molecule has 0 radical (unpaired) electrons. The number of nitriles is 1. The molecule has 0 atom stereocenters. The second-order valence-electron chi connectivity index (χ2n) is 4.95. The van der Waals surface area contributed by atoms with Gasteiger partial charge >= 0.3 is 0 Å². The minimum Gasteiger partial charge on any atom is -0.323 e. The van der Waals surface area contributed by atoms with E-state index >= 15 is 0 Å². The number of carbonyl (C=O) groups excluding carboxylic acids is 1. The summed E-state index contributed by atoms with van der Waals surface area (Å²) in [5.74, 6) is -0.319. The van der Waals surface area contributed by atoms with Crippen molar-refractivity contribution in [1.82, 2.24) is 0 Å². The Hall–Kier alpha value is -0.950. The van der Waals surface area contributed by atoms with E-state index in [-0.39, 0.29) is 5.91 Å². The lowest BCUT2D eigenvalue weighted by atomic mass is 9.74. The first-order valence-corrected chi connectivity index (χ1v) is 7.49. The van der Waals surface area contributed by atoms with Crippen LogP contribution in [-0.4, -0.2) is 5.91 Å². The lowest BCUT2D eigenvalue weighted by Gasteiger charge is -2.29. The third kappa shape index (κ3) is 3.03. The highest BCUT2D eigenvalue weighted by molar-refractivity contribution is 6.44. The van der Waals surface area contributed by atoms with E-state index in [1.54, 1.807) is 0 Å². The first kappa shape index (κ1) is 15.4. The molecule has 0 saturated heterocycles. The Bertz CT molecular complexity index is 575. The van der Waals surface area contributed by atoms with Gasteiger partial charge in [0.25, 0.3) is 0 Å². The van der Waals surface area contributed by atoms with Crippen molar-refractivity contribution in [3.8, 4) is 6.07 Å². The summed E-state index contributed by atoms with van der Waals surface area (Å²) < 4.78 is 0. The molecule has 1 saturated carbocycles. The number of rotatable bonds is 2. The predicted molar refractivity (Wildman–Crippen MR) is 81.2 cm³/mol. The largest absolute Gasteiger partial charge is 0.323 e. The number of nitrogens with zero attached hydrogens (tertiary/aromatic N) is 1. The molecule has 2 rings (SSSR count). The molecule has 0 spiro atoms. The van der Waals surface area contributed by atoms with Gasteiger partial charge in [-0.1, -0.05) is 54.1 Å². The van der Waals surface area contributed by atoms with Gasteiger partial charge < -0.3 is 5.32 Å². The van der Waals surface area contributed by atoms with Gasteiger partial charge in [-0.2, -0.15) is 5.26 Å². The molecule has 0 aliphatic heterocycles. The zero-order valence-corrected chi connectivity index (χ0v) is 12.9. The summed E-state index contributed by atoms with van der Waals surface area (Å²) in [6, 6.07) is 5.14. The maximum Gasteiger partial charge on any atom is 0.244 e. The van der Waals surface area contributed by atoms with Crippen LogP contribution in [0.25, 0.3) is 0 Å². The summed E-state index contributed by atoms with van der Waals surface area (Å²) in [5.41, 5.74) is -0.584. The van der Waals surface area contributed by atoms with Crippen LogP contribution in [0.1, 0.15) is 32.1 Å². The Labute approximate surface area is 132 Å². The van der Waals surface area contributed by atoms with Crippen molar-refractivity contribution in [2.45, 2.75) is 32.1 Å². The van der Waals surface area contributed by atoms with E-state index in [9.17, 15) is 10.1 Å². The van der Waals surface area contributed by atoms with Gasteiger partial charge in [0, 0.05) is 0 Å². The van der Waals surface area contributed by atoms with Gasteiger partial charge in [0.1, 0.15) is 5.41 Å². The lowest BCUT2D eigenvalue weighted by molar-refractivity contribution is -0.124. The van der Waals surface area contributed by atoms with E-state index in [0.29, 0.717) is 33.6 Å². The van der Waals surface area contributed by atoms with Crippen molar-refractivity contribution in [3.63, 3.8) is 0 Å². The van der Waals surface area contributed by atoms with E-state index < -0.39 is 5.41 Å². The smallest absolute Gasteiger partial charge is 0.244 e. The van der Waals surface area contributed by atoms with Crippen LogP contribution < -0.4 is 5.32 Å². The van der Waals surface area contributed by atoms with Gasteiger partial charge in [-0.05, 0) is 25.0 Å². The van der Waals surface area contributed by atoms with Crippen LogP contribution in [-0.2, 0) is 4.79 Å². The quantitative estimate of drug-likeness (QED) is 0.770. The number of amides is 1. The van der Waals surface area contributed by atoms with E-state index in [0.717, 1.165) is 19.3 Å². The number of carbonyl (C=O) groups is 1. The molecule has 1 aliphatic carbocycles. The molecule has 1 N–H and O–H groups in total. The fraction of sp³-hybridized carbons (Fsp3) is 0.429. The molecule has 1 aromatic carbocycles. The molecule has 0 unspecified atom stereocenters. The van der Waals surface area contributed by atoms with Gasteiger partial charge in [0.2, 0.25) is 5.91 Å². The Morgan fingerprint density at radius 1 is 1.10 bits per heavy atom. The van der Waals surface area contributed by atoms with Gasteiger partial charge in [0.05, 0.1) is 26.8 Å². The molecule has 1 amide bonds. The van der Waals surface area contributed by atoms with E-state index in [1.807, 2.05) is 0 Å². The number of hydrogen-bond donors (Lipinski definition) is 1. The SMILES string of the molecule is N#CC1(C(=O)Nc2cc(Cl)c(Cl)cc2Cl)CCCCC1. The first-order valence-electron chi connectivity index (χ1n) is 6.36. The average molecular weight is 332 g/mol. The van der Waals surface area contributed by atoms with Gasteiger partial charge in [-0.3, -0.25) is 4.79 Å². The molecule has 1 aromatic rings. The molecule has 3 nitrogen and oxygen atoms in total. The van der Waals surface area contributed by atoms with Crippen LogP contribution in [0.15, 0.2) is 12.1 Å². The fourth-order valence-corrected chi connectivity index (χ4v) is 3.00. The molecular formula is C14H13Cl3N2O. The molecule has 6 heteroatoms. The Kier molecular flexibility index (Phi) is 4.80. The van der Waals surface area contributed by atoms with Crippen LogP contribution in [0, 0.1) is 16.7 Å². The summed E-state index contributed by atoms with van der Waals surface area (Å²) in [6.07, 6.45) is 3.99. The number of nitrogens with one attached hydrogen (secondary N) is 1. The summed E-state index contributed by atoms with van der Waals surface area (Å²) >= 11 is 17.8. The molecule has 1 aliphatic rings. The zero-order valence-electron chi connectivity index (χ0n) is 10.7. The molecule has 106 valence electrons. The monoisotopic (exact) mass is 330 g/mol. The van der Waals surface area contributed by atoms with Crippen molar-refractivity contribution < 1.29 is 4.79 Å². The highest BCUT2D eigenvalue weighted by Crippen LogP contribution is 2.38. The molecule has 20 heavy (non-hydrogen) atoms. The second-order valence-corrected chi connectivity index (χ2v) is 6.18. The Balaban J connectivity index is 2.23. The van der Waals surface area contributed by atoms with Crippen LogP contribution in [0.4, 0.5) is 5.69 Å². The second kappa shape index (κ2) is 6.22. The van der Waals surface area contributed by atoms with Gasteiger partial charge in [-0.15, -0.1) is 0 Å². The number of hydrogen-bond acceptors (Lipinski definition) is 2. The molecule has 0 heterocycles. The lowest BCUT2D eigenvalue weighted by Crippen LogP contribution is -2.36. The maximum absolute atomic E-state index is 12.4. The number of anilines is 1. The van der Waals surface area contributed by atoms with Crippen LogP contribution >= 0.6 is 34.8 Å². The van der Waals surface area contributed by atoms with E-state index in [2.05, 4.69) is 11.4 Å². The molecular weight excluding hydrogens is 319 g/mol. The zero-order chi connectivity index (χ0) is 14.8. The summed E-state index contributed by atoms with van der Waals surface area (Å²) in [7, 11) is 0. The maximum atomic E-state index is 12.4. The summed E-state index contributed by atoms with van der Waals surface area (Å²) in [6.45, 7) is 0. The van der Waals surface area contributed by atoms with E-state index in [1.165, 1.54) is 12.1 Å². The van der Waals surface area contributed by atoms with Crippen molar-refractivity contribution in [2.75, 3.05) is 5.32 Å². The van der Waals surface area contributed by atoms with Gasteiger partial charge in [-0.25, -0.2) is 0 Å². The minimum absolute atomic E-state index is 0.302. The molecule has 0 bridgehead atoms. The topological polar surface area (TPSA) is 52.9 Å². The molecule has 1 fully saturated rings. The van der Waals surface area contributed by atoms with E-state index in [4.69, 9.17) is 34.8 Å². The van der Waals surface area contributed by atoms with Crippen LogP contribution in [0.5, 0.6) is 0 Å². The van der Waals surface area contributed by atoms with Gasteiger partial charge in [0.15, 0.2) is 0 Å². The third-order valence-corrected chi connectivity index (χ3v) is 4.65.